The van der Waals surface area contributed by atoms with Crippen LogP contribution in [0.3, 0.4) is 0 Å². The third kappa shape index (κ3) is 2.96. The number of carbonyl (C=O) groups is 1. The first-order valence-electron chi connectivity index (χ1n) is 6.92. The average Bonchev–Trinajstić information content (AvgIpc) is 2.53. The van der Waals surface area contributed by atoms with Crippen molar-refractivity contribution >= 4 is 23.4 Å². The summed E-state index contributed by atoms with van der Waals surface area (Å²) < 4.78 is 0. The van der Waals surface area contributed by atoms with E-state index < -0.39 is 6.10 Å². The minimum atomic E-state index is -0.635. The molecule has 0 aliphatic carbocycles. The van der Waals surface area contributed by atoms with E-state index >= 15 is 0 Å². The molecule has 1 amide bonds. The highest BCUT2D eigenvalue weighted by molar-refractivity contribution is 7.98. The van der Waals surface area contributed by atoms with Crippen molar-refractivity contribution in [1.82, 2.24) is 0 Å². The maximum atomic E-state index is 11.4. The van der Waals surface area contributed by atoms with E-state index in [1.54, 1.807) is 11.8 Å². The zero-order valence-electron chi connectivity index (χ0n) is 11.8. The molecule has 2 N–H and O–H groups in total. The van der Waals surface area contributed by atoms with Gasteiger partial charge in [0.15, 0.2) is 0 Å². The lowest BCUT2D eigenvalue weighted by Gasteiger charge is -2.19. The molecule has 21 heavy (non-hydrogen) atoms. The van der Waals surface area contributed by atoms with Gasteiger partial charge in [-0.1, -0.05) is 24.3 Å². The molecule has 2 aromatic rings. The number of rotatable bonds is 3. The van der Waals surface area contributed by atoms with Crippen LogP contribution in [-0.2, 0) is 11.2 Å². The van der Waals surface area contributed by atoms with E-state index in [-0.39, 0.29) is 5.91 Å². The highest BCUT2D eigenvalue weighted by atomic mass is 32.2. The van der Waals surface area contributed by atoms with Gasteiger partial charge in [0.2, 0.25) is 5.91 Å². The predicted octanol–water partition coefficient (Wildman–Crippen LogP) is 3.37. The summed E-state index contributed by atoms with van der Waals surface area (Å²) in [4.78, 5) is 12.5. The van der Waals surface area contributed by atoms with Crippen molar-refractivity contribution < 1.29 is 9.90 Å². The first-order chi connectivity index (χ1) is 10.2. The molecule has 1 heterocycles. The molecule has 1 atom stereocenters. The van der Waals surface area contributed by atoms with Gasteiger partial charge in [0.05, 0.1) is 0 Å². The number of thioether (sulfide) groups is 1. The van der Waals surface area contributed by atoms with Gasteiger partial charge in [-0.05, 0) is 47.6 Å². The van der Waals surface area contributed by atoms with Crippen molar-refractivity contribution in [2.75, 3.05) is 11.6 Å². The van der Waals surface area contributed by atoms with Crippen molar-refractivity contribution in [3.05, 3.63) is 59.2 Å². The number of aliphatic hydroxyl groups excluding tert-OH is 1. The van der Waals surface area contributed by atoms with Gasteiger partial charge >= 0.3 is 0 Å². The Hall–Kier alpha value is -1.78. The van der Waals surface area contributed by atoms with Crippen molar-refractivity contribution in [2.24, 2.45) is 0 Å². The van der Waals surface area contributed by atoms with Crippen LogP contribution in [0.25, 0.3) is 0 Å². The minimum absolute atomic E-state index is 0.0588. The molecule has 4 heteroatoms. The van der Waals surface area contributed by atoms with Crippen LogP contribution in [0.15, 0.2) is 47.4 Å². The number of aryl methyl sites for hydroxylation is 1. The maximum absolute atomic E-state index is 11.4. The quantitative estimate of drug-likeness (QED) is 0.854. The molecule has 0 fully saturated rings. The molecular weight excluding hydrogens is 282 g/mol. The highest BCUT2D eigenvalue weighted by Gasteiger charge is 2.17. The number of hydrogen-bond acceptors (Lipinski definition) is 3. The monoisotopic (exact) mass is 299 g/mol. The number of anilines is 1. The van der Waals surface area contributed by atoms with Crippen molar-refractivity contribution in [2.45, 2.75) is 23.8 Å². The second-order valence-electron chi connectivity index (χ2n) is 5.14. The van der Waals surface area contributed by atoms with Gasteiger partial charge in [0, 0.05) is 17.0 Å². The molecular formula is C17H17NO2S. The fourth-order valence-electron chi connectivity index (χ4n) is 2.55. The second-order valence-corrected chi connectivity index (χ2v) is 6.02. The molecule has 1 aliphatic rings. The van der Waals surface area contributed by atoms with Crippen LogP contribution in [0.5, 0.6) is 0 Å². The topological polar surface area (TPSA) is 49.3 Å². The lowest BCUT2D eigenvalue weighted by atomic mass is 9.95. The molecule has 3 rings (SSSR count). The van der Waals surface area contributed by atoms with Crippen LogP contribution < -0.4 is 5.32 Å². The summed E-state index contributed by atoms with van der Waals surface area (Å²) in [7, 11) is 0. The van der Waals surface area contributed by atoms with E-state index in [4.69, 9.17) is 0 Å². The molecule has 3 nitrogen and oxygen atoms in total. The molecule has 0 spiro atoms. The molecule has 0 radical (unpaired) electrons. The van der Waals surface area contributed by atoms with Crippen LogP contribution in [0.2, 0.25) is 0 Å². The number of nitrogens with one attached hydrogen (secondary N) is 1. The third-order valence-corrected chi connectivity index (χ3v) is 4.52. The van der Waals surface area contributed by atoms with Crippen LogP contribution in [0.1, 0.15) is 29.2 Å². The van der Waals surface area contributed by atoms with Gasteiger partial charge in [-0.3, -0.25) is 4.79 Å². The number of hydrogen-bond donors (Lipinski definition) is 2. The lowest BCUT2D eigenvalue weighted by Crippen LogP contribution is -2.19. The summed E-state index contributed by atoms with van der Waals surface area (Å²) in [6, 6.07) is 13.7. The Morgan fingerprint density at radius 2 is 1.81 bits per heavy atom. The van der Waals surface area contributed by atoms with E-state index in [9.17, 15) is 9.90 Å². The van der Waals surface area contributed by atoms with Crippen molar-refractivity contribution in [3.63, 3.8) is 0 Å². The lowest BCUT2D eigenvalue weighted by molar-refractivity contribution is -0.116. The van der Waals surface area contributed by atoms with Crippen LogP contribution in [0.4, 0.5) is 5.69 Å². The molecule has 0 saturated heterocycles. The number of amides is 1. The molecule has 1 aliphatic heterocycles. The smallest absolute Gasteiger partial charge is 0.224 e. The largest absolute Gasteiger partial charge is 0.384 e. The van der Waals surface area contributed by atoms with E-state index in [1.165, 1.54) is 4.90 Å². The second kappa shape index (κ2) is 5.92. The number of benzene rings is 2. The first-order valence-corrected chi connectivity index (χ1v) is 8.14. The summed E-state index contributed by atoms with van der Waals surface area (Å²) in [6.45, 7) is 0. The highest BCUT2D eigenvalue weighted by Crippen LogP contribution is 2.29. The molecule has 0 saturated carbocycles. The van der Waals surface area contributed by atoms with Gasteiger partial charge in [-0.15, -0.1) is 11.8 Å². The Kier molecular flexibility index (Phi) is 3.99. The summed E-state index contributed by atoms with van der Waals surface area (Å²) in [5.74, 6) is 0.0588. The summed E-state index contributed by atoms with van der Waals surface area (Å²) in [6.07, 6.45) is 2.63. The molecule has 2 aromatic carbocycles. The Morgan fingerprint density at radius 1 is 1.10 bits per heavy atom. The standard InChI is InChI=1S/C17H17NO2S/c1-21-14-6-2-11(3-7-14)17(20)13-4-8-15-12(10-13)5-9-16(19)18-15/h2-4,6-8,10,17,20H,5,9H2,1H3,(H,18,19). The van der Waals surface area contributed by atoms with Crippen molar-refractivity contribution in [1.29, 1.82) is 0 Å². The summed E-state index contributed by atoms with van der Waals surface area (Å²) >= 11 is 1.68. The van der Waals surface area contributed by atoms with E-state index in [1.807, 2.05) is 48.7 Å². The normalized spacial score (nSPS) is 15.2. The van der Waals surface area contributed by atoms with E-state index in [0.29, 0.717) is 6.42 Å². The minimum Gasteiger partial charge on any atom is -0.384 e. The van der Waals surface area contributed by atoms with Crippen LogP contribution in [-0.4, -0.2) is 17.3 Å². The zero-order valence-corrected chi connectivity index (χ0v) is 12.6. The third-order valence-electron chi connectivity index (χ3n) is 3.77. The number of aliphatic hydroxyl groups is 1. The number of carbonyl (C=O) groups excluding carboxylic acids is 1. The Labute approximate surface area is 128 Å². The Morgan fingerprint density at radius 3 is 2.52 bits per heavy atom. The van der Waals surface area contributed by atoms with Gasteiger partial charge in [-0.2, -0.15) is 0 Å². The predicted molar refractivity (Wildman–Crippen MR) is 85.7 cm³/mol. The fourth-order valence-corrected chi connectivity index (χ4v) is 2.96. The maximum Gasteiger partial charge on any atom is 0.224 e. The molecule has 108 valence electrons. The molecule has 0 aromatic heterocycles. The molecule has 0 bridgehead atoms. The summed E-state index contributed by atoms with van der Waals surface area (Å²) in [5, 5.41) is 13.4. The van der Waals surface area contributed by atoms with E-state index in [2.05, 4.69) is 5.32 Å². The van der Waals surface area contributed by atoms with Gasteiger partial charge in [0.25, 0.3) is 0 Å². The SMILES string of the molecule is CSc1ccc(C(O)c2ccc3c(c2)CCC(=O)N3)cc1. The average molecular weight is 299 g/mol. The van der Waals surface area contributed by atoms with Gasteiger partial charge in [0.1, 0.15) is 6.10 Å². The fraction of sp³-hybridized carbons (Fsp3) is 0.235. The zero-order chi connectivity index (χ0) is 14.8. The first kappa shape index (κ1) is 14.2. The van der Waals surface area contributed by atoms with Gasteiger partial charge < -0.3 is 10.4 Å². The summed E-state index contributed by atoms with van der Waals surface area (Å²) in [5.41, 5.74) is 3.70. The molecule has 1 unspecified atom stereocenters. The van der Waals surface area contributed by atoms with Crippen LogP contribution in [0, 0.1) is 0 Å². The van der Waals surface area contributed by atoms with E-state index in [0.717, 1.165) is 28.8 Å². The van der Waals surface area contributed by atoms with Crippen LogP contribution >= 0.6 is 11.8 Å². The Bertz CT molecular complexity index is 667. The number of fused-ring (bicyclic) bond motifs is 1. The van der Waals surface area contributed by atoms with Gasteiger partial charge in [-0.25, -0.2) is 0 Å². The van der Waals surface area contributed by atoms with Crippen molar-refractivity contribution in [3.8, 4) is 0 Å². The Balaban J connectivity index is 1.87.